The van der Waals surface area contributed by atoms with Crippen molar-refractivity contribution in [1.29, 1.82) is 0 Å². The van der Waals surface area contributed by atoms with Crippen molar-refractivity contribution in [2.24, 2.45) is 0 Å². The van der Waals surface area contributed by atoms with Gasteiger partial charge in [0.05, 0.1) is 29.7 Å². The Morgan fingerprint density at radius 2 is 1.55 bits per heavy atom. The highest BCUT2D eigenvalue weighted by Crippen LogP contribution is 2.35. The fourth-order valence-electron chi connectivity index (χ4n) is 5.52. The van der Waals surface area contributed by atoms with Gasteiger partial charge in [-0.3, -0.25) is 9.69 Å². The van der Waals surface area contributed by atoms with Crippen LogP contribution in [0.15, 0.2) is 96.0 Å². The number of carbonyl (C=O) groups is 1. The SMILES string of the molecule is CSc1ccc(CN2CCC(c3c(C(=O)N4CCC(F)(F)C4)cnn3-c3ccc(F)cc3)CC2)cc1.c1ccccc1. The molecule has 0 N–H and O–H groups in total. The lowest BCUT2D eigenvalue weighted by atomic mass is 9.90. The van der Waals surface area contributed by atoms with E-state index in [1.54, 1.807) is 28.6 Å². The van der Waals surface area contributed by atoms with Crippen LogP contribution in [-0.4, -0.2) is 63.8 Å². The summed E-state index contributed by atoms with van der Waals surface area (Å²) in [5.74, 6) is -3.59. The van der Waals surface area contributed by atoms with Crippen molar-refractivity contribution >= 4 is 17.7 Å². The zero-order chi connectivity index (χ0) is 29.5. The van der Waals surface area contributed by atoms with Gasteiger partial charge < -0.3 is 4.90 Å². The maximum absolute atomic E-state index is 13.8. The Kier molecular flexibility index (Phi) is 9.69. The van der Waals surface area contributed by atoms with E-state index in [2.05, 4.69) is 40.5 Å². The minimum Gasteiger partial charge on any atom is -0.332 e. The first-order chi connectivity index (χ1) is 20.3. The lowest BCUT2D eigenvalue weighted by Gasteiger charge is -2.33. The number of carbonyl (C=O) groups excluding carboxylic acids is 1. The highest BCUT2D eigenvalue weighted by atomic mass is 32.2. The highest BCUT2D eigenvalue weighted by Gasteiger charge is 2.42. The second kappa shape index (κ2) is 13.6. The third kappa shape index (κ3) is 7.44. The number of hydrogen-bond acceptors (Lipinski definition) is 4. The Hall–Kier alpha value is -3.56. The molecule has 1 aromatic heterocycles. The van der Waals surface area contributed by atoms with Gasteiger partial charge in [0, 0.05) is 30.3 Å². The zero-order valence-electron chi connectivity index (χ0n) is 23.6. The number of likely N-dealkylation sites (tertiary alicyclic amines) is 2. The maximum Gasteiger partial charge on any atom is 0.267 e. The van der Waals surface area contributed by atoms with Gasteiger partial charge in [0.15, 0.2) is 0 Å². The van der Waals surface area contributed by atoms with Crippen LogP contribution in [0.4, 0.5) is 13.2 Å². The molecule has 220 valence electrons. The molecule has 2 aliphatic rings. The molecule has 0 bridgehead atoms. The molecule has 2 saturated heterocycles. The average Bonchev–Trinajstić information content (AvgIpc) is 3.62. The smallest absolute Gasteiger partial charge is 0.267 e. The number of nitrogens with zero attached hydrogens (tertiary/aromatic N) is 4. The van der Waals surface area contributed by atoms with Crippen LogP contribution >= 0.6 is 11.8 Å². The Bertz CT molecular complexity index is 1410. The molecule has 0 radical (unpaired) electrons. The van der Waals surface area contributed by atoms with Gasteiger partial charge in [-0.05, 0) is 74.1 Å². The monoisotopic (exact) mass is 592 g/mol. The molecule has 2 fully saturated rings. The molecule has 5 nitrogen and oxygen atoms in total. The van der Waals surface area contributed by atoms with Crippen LogP contribution in [0.2, 0.25) is 0 Å². The quantitative estimate of drug-likeness (QED) is 0.221. The molecule has 0 aliphatic carbocycles. The third-order valence-corrected chi connectivity index (χ3v) is 8.51. The molecule has 0 atom stereocenters. The van der Waals surface area contributed by atoms with Crippen molar-refractivity contribution in [1.82, 2.24) is 19.6 Å². The fourth-order valence-corrected chi connectivity index (χ4v) is 5.93. The Labute approximate surface area is 249 Å². The number of thioether (sulfide) groups is 1. The standard InChI is InChI=1S/C27H29F3N4OS.C6H6/c1-36-23-8-2-19(3-9-23)17-32-13-10-20(11-14-32)25-24(26(35)33-15-12-27(29,30)18-33)16-31-34(25)22-6-4-21(28)5-7-22;1-2-4-6-5-3-1/h2-9,16,20H,10-15,17-18H2,1H3;1-6H. The molecule has 9 heteroatoms. The van der Waals surface area contributed by atoms with Crippen LogP contribution in [0.1, 0.15) is 46.8 Å². The van der Waals surface area contributed by atoms with E-state index >= 15 is 0 Å². The molecule has 0 unspecified atom stereocenters. The molecule has 0 spiro atoms. The van der Waals surface area contributed by atoms with E-state index in [-0.39, 0.29) is 24.7 Å². The number of aromatic nitrogens is 2. The normalized spacial score (nSPS) is 17.1. The number of hydrogen-bond donors (Lipinski definition) is 0. The molecule has 6 rings (SSSR count). The van der Waals surface area contributed by atoms with Crippen LogP contribution in [0.5, 0.6) is 0 Å². The van der Waals surface area contributed by atoms with Gasteiger partial charge in [-0.25, -0.2) is 17.9 Å². The van der Waals surface area contributed by atoms with Crippen LogP contribution in [0, 0.1) is 5.82 Å². The van der Waals surface area contributed by atoms with Gasteiger partial charge >= 0.3 is 0 Å². The van der Waals surface area contributed by atoms with Gasteiger partial charge in [0.25, 0.3) is 11.8 Å². The summed E-state index contributed by atoms with van der Waals surface area (Å²) < 4.78 is 42.9. The van der Waals surface area contributed by atoms with E-state index in [9.17, 15) is 18.0 Å². The Morgan fingerprint density at radius 1 is 0.929 bits per heavy atom. The zero-order valence-corrected chi connectivity index (χ0v) is 24.5. The highest BCUT2D eigenvalue weighted by molar-refractivity contribution is 7.98. The number of benzene rings is 3. The largest absolute Gasteiger partial charge is 0.332 e. The molecular weight excluding hydrogens is 557 g/mol. The number of halogens is 3. The van der Waals surface area contributed by atoms with E-state index in [0.29, 0.717) is 11.3 Å². The summed E-state index contributed by atoms with van der Waals surface area (Å²) >= 11 is 1.72. The number of alkyl halides is 2. The van der Waals surface area contributed by atoms with E-state index in [1.807, 2.05) is 36.4 Å². The topological polar surface area (TPSA) is 41.4 Å². The van der Waals surface area contributed by atoms with Crippen molar-refractivity contribution in [2.45, 2.75) is 42.5 Å². The summed E-state index contributed by atoms with van der Waals surface area (Å²) in [6.45, 7) is 2.01. The first-order valence-electron chi connectivity index (χ1n) is 14.2. The minimum atomic E-state index is -2.86. The Balaban J connectivity index is 0.000000524. The average molecular weight is 593 g/mol. The van der Waals surface area contributed by atoms with Crippen LogP contribution in [0.25, 0.3) is 5.69 Å². The molecule has 1 amide bonds. The number of rotatable bonds is 6. The fraction of sp³-hybridized carbons (Fsp3) is 0.333. The number of amides is 1. The second-order valence-corrected chi connectivity index (χ2v) is 11.6. The van der Waals surface area contributed by atoms with Crippen LogP contribution in [-0.2, 0) is 6.54 Å². The molecule has 3 aromatic carbocycles. The predicted octanol–water partition coefficient (Wildman–Crippen LogP) is 7.28. The summed E-state index contributed by atoms with van der Waals surface area (Å²) in [6, 6.07) is 26.5. The lowest BCUT2D eigenvalue weighted by molar-refractivity contribution is 0.0120. The van der Waals surface area contributed by atoms with Gasteiger partial charge in [-0.1, -0.05) is 48.5 Å². The van der Waals surface area contributed by atoms with Crippen molar-refractivity contribution < 1.29 is 18.0 Å². The summed E-state index contributed by atoms with van der Waals surface area (Å²) in [6.07, 6.45) is 4.84. The van der Waals surface area contributed by atoms with Gasteiger partial charge in [-0.2, -0.15) is 5.10 Å². The Morgan fingerprint density at radius 3 is 2.10 bits per heavy atom. The van der Waals surface area contributed by atoms with E-state index in [4.69, 9.17) is 0 Å². The molecule has 42 heavy (non-hydrogen) atoms. The van der Waals surface area contributed by atoms with E-state index < -0.39 is 18.4 Å². The van der Waals surface area contributed by atoms with Crippen molar-refractivity contribution in [3.63, 3.8) is 0 Å². The van der Waals surface area contributed by atoms with Crippen LogP contribution in [0.3, 0.4) is 0 Å². The molecular formula is C33H35F3N4OS. The summed E-state index contributed by atoms with van der Waals surface area (Å²) in [4.78, 5) is 18.2. The molecule has 0 saturated carbocycles. The summed E-state index contributed by atoms with van der Waals surface area (Å²) in [5, 5.41) is 4.47. The summed E-state index contributed by atoms with van der Waals surface area (Å²) in [7, 11) is 0. The molecule has 3 heterocycles. The van der Waals surface area contributed by atoms with Gasteiger partial charge in [0.2, 0.25) is 0 Å². The van der Waals surface area contributed by atoms with Crippen molar-refractivity contribution in [3.8, 4) is 5.69 Å². The molecule has 2 aliphatic heterocycles. The van der Waals surface area contributed by atoms with Gasteiger partial charge in [-0.15, -0.1) is 11.8 Å². The third-order valence-electron chi connectivity index (χ3n) is 7.77. The van der Waals surface area contributed by atoms with Crippen molar-refractivity contribution in [3.05, 3.63) is 114 Å². The van der Waals surface area contributed by atoms with Gasteiger partial charge in [0.1, 0.15) is 5.82 Å². The minimum absolute atomic E-state index is 0.0285. The molecule has 4 aromatic rings. The first-order valence-corrected chi connectivity index (χ1v) is 15.4. The predicted molar refractivity (Wildman–Crippen MR) is 161 cm³/mol. The van der Waals surface area contributed by atoms with E-state index in [0.717, 1.165) is 38.2 Å². The van der Waals surface area contributed by atoms with Crippen LogP contribution < -0.4 is 0 Å². The summed E-state index contributed by atoms with van der Waals surface area (Å²) in [5.41, 5.74) is 3.00. The first kappa shape index (κ1) is 29.9. The maximum atomic E-state index is 13.8. The second-order valence-electron chi connectivity index (χ2n) is 10.7. The van der Waals surface area contributed by atoms with Crippen molar-refractivity contribution in [2.75, 3.05) is 32.4 Å². The number of piperidine rings is 1. The lowest BCUT2D eigenvalue weighted by Crippen LogP contribution is -2.35. The van der Waals surface area contributed by atoms with E-state index in [1.165, 1.54) is 33.7 Å².